The van der Waals surface area contributed by atoms with E-state index >= 15 is 0 Å². The molecule has 0 fully saturated rings. The normalized spacial score (nSPS) is 10.1. The van der Waals surface area contributed by atoms with E-state index in [1.54, 1.807) is 36.4 Å². The Morgan fingerprint density at radius 2 is 1.45 bits per heavy atom. The van der Waals surface area contributed by atoms with E-state index in [-0.39, 0.29) is 23.9 Å². The van der Waals surface area contributed by atoms with Crippen LogP contribution in [0.5, 0.6) is 5.75 Å². The highest BCUT2D eigenvalue weighted by Gasteiger charge is 2.09. The van der Waals surface area contributed by atoms with Gasteiger partial charge in [-0.25, -0.2) is 0 Å². The highest BCUT2D eigenvalue weighted by molar-refractivity contribution is 6.09. The molecular weight excluding hydrogens is 256 g/mol. The fraction of sp³-hybridized carbons (Fsp3) is 0.125. The van der Waals surface area contributed by atoms with Gasteiger partial charge in [0.2, 0.25) is 0 Å². The number of phenols is 1. The monoisotopic (exact) mass is 270 g/mol. The maximum Gasteiger partial charge on any atom is 0.309 e. The lowest BCUT2D eigenvalue weighted by molar-refractivity contribution is -0.139. The fourth-order valence-electron chi connectivity index (χ4n) is 1.79. The van der Waals surface area contributed by atoms with Crippen LogP contribution in [0.2, 0.25) is 0 Å². The molecule has 0 bridgehead atoms. The number of hydrogen-bond acceptors (Lipinski definition) is 4. The molecule has 2 rings (SSSR count). The average Bonchev–Trinajstić information content (AvgIpc) is 2.48. The zero-order chi connectivity index (χ0) is 14.5. The van der Waals surface area contributed by atoms with Crippen molar-refractivity contribution < 1.29 is 19.4 Å². The molecule has 20 heavy (non-hydrogen) atoms. The molecule has 0 aliphatic carbocycles. The van der Waals surface area contributed by atoms with Gasteiger partial charge >= 0.3 is 5.97 Å². The summed E-state index contributed by atoms with van der Waals surface area (Å²) in [6, 6.07) is 12.9. The summed E-state index contributed by atoms with van der Waals surface area (Å²) >= 11 is 0. The Balaban J connectivity index is 2.15. The van der Waals surface area contributed by atoms with E-state index in [1.807, 2.05) is 0 Å². The summed E-state index contributed by atoms with van der Waals surface area (Å²) in [4.78, 5) is 23.3. The Morgan fingerprint density at radius 3 is 1.95 bits per heavy atom. The van der Waals surface area contributed by atoms with E-state index < -0.39 is 0 Å². The number of carbonyl (C=O) groups excluding carboxylic acids is 2. The zero-order valence-corrected chi connectivity index (χ0v) is 11.0. The summed E-state index contributed by atoms with van der Waals surface area (Å²) in [5.74, 6) is -0.327. The quantitative estimate of drug-likeness (QED) is 0.684. The lowest BCUT2D eigenvalue weighted by Gasteiger charge is -2.04. The third-order valence-electron chi connectivity index (χ3n) is 2.92. The molecule has 0 saturated carbocycles. The number of ketones is 1. The van der Waals surface area contributed by atoms with E-state index in [9.17, 15) is 14.7 Å². The van der Waals surface area contributed by atoms with Crippen LogP contribution in [0.4, 0.5) is 0 Å². The van der Waals surface area contributed by atoms with Gasteiger partial charge in [-0.1, -0.05) is 24.3 Å². The molecule has 0 aliphatic rings. The molecule has 4 heteroatoms. The van der Waals surface area contributed by atoms with Crippen LogP contribution in [0.15, 0.2) is 48.5 Å². The molecule has 0 radical (unpaired) electrons. The van der Waals surface area contributed by atoms with Crippen molar-refractivity contribution >= 4 is 11.8 Å². The first-order chi connectivity index (χ1) is 9.60. The first-order valence-electron chi connectivity index (χ1n) is 6.09. The van der Waals surface area contributed by atoms with E-state index in [0.717, 1.165) is 5.56 Å². The Bertz CT molecular complexity index is 612. The number of aromatic hydroxyl groups is 1. The second-order valence-electron chi connectivity index (χ2n) is 4.33. The van der Waals surface area contributed by atoms with Crippen molar-refractivity contribution in [2.75, 3.05) is 7.11 Å². The van der Waals surface area contributed by atoms with Gasteiger partial charge in [-0.05, 0) is 29.8 Å². The molecule has 0 aromatic heterocycles. The van der Waals surface area contributed by atoms with Crippen LogP contribution in [0, 0.1) is 0 Å². The van der Waals surface area contributed by atoms with Crippen LogP contribution in [0.1, 0.15) is 21.5 Å². The predicted molar refractivity (Wildman–Crippen MR) is 73.7 cm³/mol. The van der Waals surface area contributed by atoms with Crippen molar-refractivity contribution in [1.82, 2.24) is 0 Å². The van der Waals surface area contributed by atoms with E-state index in [4.69, 9.17) is 0 Å². The maximum atomic E-state index is 12.2. The number of hydrogen-bond donors (Lipinski definition) is 1. The number of ether oxygens (including phenoxy) is 1. The third kappa shape index (κ3) is 3.23. The highest BCUT2D eigenvalue weighted by atomic mass is 16.5. The SMILES string of the molecule is COC(=O)Cc1ccc(C(=O)c2ccc(O)cc2)cc1. The van der Waals surface area contributed by atoms with Gasteiger partial charge in [0.05, 0.1) is 13.5 Å². The molecular formula is C16H14O4. The lowest BCUT2D eigenvalue weighted by atomic mass is 10.0. The smallest absolute Gasteiger partial charge is 0.309 e. The van der Waals surface area contributed by atoms with Crippen molar-refractivity contribution in [2.45, 2.75) is 6.42 Å². The van der Waals surface area contributed by atoms with Crippen molar-refractivity contribution in [2.24, 2.45) is 0 Å². The van der Waals surface area contributed by atoms with Crippen molar-refractivity contribution in [3.8, 4) is 5.75 Å². The van der Waals surface area contributed by atoms with Gasteiger partial charge in [0, 0.05) is 11.1 Å². The molecule has 0 heterocycles. The Labute approximate surface area is 116 Å². The van der Waals surface area contributed by atoms with Crippen LogP contribution in [-0.4, -0.2) is 24.0 Å². The summed E-state index contributed by atoms with van der Waals surface area (Å²) in [6.45, 7) is 0. The maximum absolute atomic E-state index is 12.2. The van der Waals surface area contributed by atoms with Crippen molar-refractivity contribution in [3.63, 3.8) is 0 Å². The van der Waals surface area contributed by atoms with Crippen LogP contribution in [0.3, 0.4) is 0 Å². The van der Waals surface area contributed by atoms with Crippen LogP contribution in [0.25, 0.3) is 0 Å². The minimum absolute atomic E-state index is 0.120. The first kappa shape index (κ1) is 13.8. The van der Waals surface area contributed by atoms with Gasteiger partial charge in [-0.3, -0.25) is 9.59 Å². The molecule has 2 aromatic rings. The molecule has 0 aliphatic heterocycles. The average molecular weight is 270 g/mol. The Kier molecular flexibility index (Phi) is 4.15. The number of rotatable bonds is 4. The first-order valence-corrected chi connectivity index (χ1v) is 6.09. The molecule has 4 nitrogen and oxygen atoms in total. The molecule has 2 aromatic carbocycles. The third-order valence-corrected chi connectivity index (χ3v) is 2.92. The van der Waals surface area contributed by atoms with E-state index in [0.29, 0.717) is 11.1 Å². The summed E-state index contributed by atoms with van der Waals surface area (Å²) in [5, 5.41) is 9.20. The molecule has 0 unspecified atom stereocenters. The van der Waals surface area contributed by atoms with Gasteiger partial charge in [-0.2, -0.15) is 0 Å². The van der Waals surface area contributed by atoms with E-state index in [2.05, 4.69) is 4.74 Å². The number of benzene rings is 2. The minimum atomic E-state index is -0.317. The van der Waals surface area contributed by atoms with Gasteiger partial charge in [0.15, 0.2) is 5.78 Å². The number of carbonyl (C=O) groups is 2. The fourth-order valence-corrected chi connectivity index (χ4v) is 1.79. The number of esters is 1. The Hall–Kier alpha value is -2.62. The second-order valence-corrected chi connectivity index (χ2v) is 4.33. The van der Waals surface area contributed by atoms with E-state index in [1.165, 1.54) is 19.2 Å². The largest absolute Gasteiger partial charge is 0.508 e. The molecule has 0 amide bonds. The highest BCUT2D eigenvalue weighted by Crippen LogP contribution is 2.15. The van der Waals surface area contributed by atoms with Crippen LogP contribution < -0.4 is 0 Å². The molecule has 102 valence electrons. The lowest BCUT2D eigenvalue weighted by Crippen LogP contribution is -2.05. The van der Waals surface area contributed by atoms with Gasteiger partial charge < -0.3 is 9.84 Å². The minimum Gasteiger partial charge on any atom is -0.508 e. The van der Waals surface area contributed by atoms with Crippen molar-refractivity contribution in [1.29, 1.82) is 0 Å². The van der Waals surface area contributed by atoms with Gasteiger partial charge in [0.25, 0.3) is 0 Å². The van der Waals surface area contributed by atoms with Crippen LogP contribution in [-0.2, 0) is 16.0 Å². The van der Waals surface area contributed by atoms with Crippen LogP contribution >= 0.6 is 0 Å². The molecule has 1 N–H and O–H groups in total. The Morgan fingerprint density at radius 1 is 0.950 bits per heavy atom. The standard InChI is InChI=1S/C16H14O4/c1-20-15(18)10-11-2-4-12(5-3-11)16(19)13-6-8-14(17)9-7-13/h2-9,17H,10H2,1H3. The summed E-state index contributed by atoms with van der Waals surface area (Å²) < 4.78 is 4.58. The number of methoxy groups -OCH3 is 1. The van der Waals surface area contributed by atoms with Gasteiger partial charge in [0.1, 0.15) is 5.75 Å². The second kappa shape index (κ2) is 6.02. The topological polar surface area (TPSA) is 63.6 Å². The summed E-state index contributed by atoms with van der Waals surface area (Å²) in [7, 11) is 1.34. The number of phenolic OH excluding ortho intramolecular Hbond substituents is 1. The molecule has 0 atom stereocenters. The van der Waals surface area contributed by atoms with Gasteiger partial charge in [-0.15, -0.1) is 0 Å². The summed E-state index contributed by atoms with van der Waals surface area (Å²) in [6.07, 6.45) is 0.185. The van der Waals surface area contributed by atoms with Crippen molar-refractivity contribution in [3.05, 3.63) is 65.2 Å². The molecule has 0 saturated heterocycles. The molecule has 0 spiro atoms. The zero-order valence-electron chi connectivity index (χ0n) is 11.0. The summed E-state index contributed by atoms with van der Waals surface area (Å²) in [5.41, 5.74) is 1.83. The predicted octanol–water partition coefficient (Wildman–Crippen LogP) is 2.34.